The van der Waals surface area contributed by atoms with Gasteiger partial charge >= 0.3 is 0 Å². The summed E-state index contributed by atoms with van der Waals surface area (Å²) in [4.78, 5) is 0. The third-order valence-electron chi connectivity index (χ3n) is 4.46. The van der Waals surface area contributed by atoms with Crippen molar-refractivity contribution >= 4 is 11.4 Å². The topological polar surface area (TPSA) is 62.8 Å². The second-order valence-corrected chi connectivity index (χ2v) is 6.18. The smallest absolute Gasteiger partial charge is 0.170 e. The van der Waals surface area contributed by atoms with Gasteiger partial charge in [-0.1, -0.05) is 26.8 Å². The van der Waals surface area contributed by atoms with Crippen LogP contribution in [0.1, 0.15) is 38.7 Å². The van der Waals surface area contributed by atoms with Crippen molar-refractivity contribution in [3.63, 3.8) is 0 Å². The zero-order chi connectivity index (χ0) is 17.5. The minimum Gasteiger partial charge on any atom is -0.486 e. The number of anilines is 1. The number of hydrogen-bond donors (Lipinski definition) is 3. The summed E-state index contributed by atoms with van der Waals surface area (Å²) in [7, 11) is 1.88. The Balaban J connectivity index is 2.14. The molecule has 2 atom stereocenters. The van der Waals surface area contributed by atoms with Crippen molar-refractivity contribution in [2.24, 2.45) is 5.92 Å². The minimum absolute atomic E-state index is 0.220. The molecule has 0 aliphatic carbocycles. The van der Waals surface area contributed by atoms with Crippen LogP contribution in [0.5, 0.6) is 11.5 Å². The molecule has 0 fully saturated rings. The SMILES string of the molecule is C=C(NC[C@H](CCC)[C@H](O)CC)c1cc(NC)cc2c1OCCO2. The van der Waals surface area contributed by atoms with Gasteiger partial charge in [0, 0.05) is 42.5 Å². The summed E-state index contributed by atoms with van der Waals surface area (Å²) < 4.78 is 11.5. The molecule has 134 valence electrons. The highest BCUT2D eigenvalue weighted by atomic mass is 16.6. The molecule has 1 aromatic carbocycles. The Bertz CT molecular complexity index is 560. The van der Waals surface area contributed by atoms with Gasteiger partial charge in [0.2, 0.25) is 0 Å². The standard InChI is InChI=1S/C19H30N2O3/c1-5-7-14(17(22)6-2)12-21-13(3)16-10-15(20-4)11-18-19(16)24-9-8-23-18/h10-11,14,17,20-22H,3,5-9,12H2,1-2,4H3/t14-,17+/m0/s1. The number of rotatable bonds is 9. The monoisotopic (exact) mass is 334 g/mol. The van der Waals surface area contributed by atoms with E-state index >= 15 is 0 Å². The van der Waals surface area contributed by atoms with Crippen LogP contribution in [0.2, 0.25) is 0 Å². The quantitative estimate of drug-likeness (QED) is 0.647. The van der Waals surface area contributed by atoms with Crippen LogP contribution < -0.4 is 20.1 Å². The summed E-state index contributed by atoms with van der Waals surface area (Å²) in [5, 5.41) is 16.7. The highest BCUT2D eigenvalue weighted by Crippen LogP contribution is 2.39. The molecule has 1 aromatic rings. The first-order chi connectivity index (χ1) is 11.6. The van der Waals surface area contributed by atoms with Gasteiger partial charge in [0.15, 0.2) is 11.5 Å². The number of hydrogen-bond acceptors (Lipinski definition) is 5. The Labute approximate surface area is 145 Å². The van der Waals surface area contributed by atoms with Gasteiger partial charge in [-0.2, -0.15) is 0 Å². The van der Waals surface area contributed by atoms with E-state index in [1.165, 1.54) is 0 Å². The van der Waals surface area contributed by atoms with Crippen molar-refractivity contribution in [1.29, 1.82) is 0 Å². The van der Waals surface area contributed by atoms with E-state index in [4.69, 9.17) is 9.47 Å². The molecule has 0 radical (unpaired) electrons. The van der Waals surface area contributed by atoms with E-state index in [1.807, 2.05) is 26.1 Å². The summed E-state index contributed by atoms with van der Waals surface area (Å²) in [6, 6.07) is 3.94. The van der Waals surface area contributed by atoms with Gasteiger partial charge in [-0.25, -0.2) is 0 Å². The Morgan fingerprint density at radius 3 is 2.71 bits per heavy atom. The highest BCUT2D eigenvalue weighted by molar-refractivity contribution is 5.75. The first-order valence-corrected chi connectivity index (χ1v) is 8.83. The zero-order valence-electron chi connectivity index (χ0n) is 15.0. The average molecular weight is 334 g/mol. The predicted octanol–water partition coefficient (Wildman–Crippen LogP) is 3.25. The van der Waals surface area contributed by atoms with Crippen LogP contribution in [-0.4, -0.2) is 38.0 Å². The minimum atomic E-state index is -0.289. The van der Waals surface area contributed by atoms with E-state index in [-0.39, 0.29) is 12.0 Å². The first-order valence-electron chi connectivity index (χ1n) is 8.83. The van der Waals surface area contributed by atoms with E-state index < -0.39 is 0 Å². The third-order valence-corrected chi connectivity index (χ3v) is 4.46. The van der Waals surface area contributed by atoms with E-state index in [0.29, 0.717) is 19.8 Å². The Morgan fingerprint density at radius 2 is 2.04 bits per heavy atom. The van der Waals surface area contributed by atoms with Gasteiger partial charge in [-0.15, -0.1) is 0 Å². The van der Waals surface area contributed by atoms with Crippen molar-refractivity contribution in [1.82, 2.24) is 5.32 Å². The van der Waals surface area contributed by atoms with Gasteiger partial charge in [-0.3, -0.25) is 0 Å². The molecule has 0 saturated carbocycles. The summed E-state index contributed by atoms with van der Waals surface area (Å²) in [5.41, 5.74) is 2.65. The molecule has 5 heteroatoms. The number of aliphatic hydroxyl groups excluding tert-OH is 1. The van der Waals surface area contributed by atoms with Crippen LogP contribution in [0.4, 0.5) is 5.69 Å². The Morgan fingerprint density at radius 1 is 1.29 bits per heavy atom. The van der Waals surface area contributed by atoms with Gasteiger partial charge in [0.25, 0.3) is 0 Å². The molecule has 0 spiro atoms. The molecule has 24 heavy (non-hydrogen) atoms. The summed E-state index contributed by atoms with van der Waals surface area (Å²) in [6.45, 7) is 10.1. The molecule has 1 aliphatic heterocycles. The molecule has 1 heterocycles. The van der Waals surface area contributed by atoms with Crippen molar-refractivity contribution in [3.8, 4) is 11.5 Å². The number of fused-ring (bicyclic) bond motifs is 1. The van der Waals surface area contributed by atoms with Crippen molar-refractivity contribution in [3.05, 3.63) is 24.3 Å². The lowest BCUT2D eigenvalue weighted by Gasteiger charge is -2.26. The van der Waals surface area contributed by atoms with Gasteiger partial charge < -0.3 is 25.2 Å². The number of aliphatic hydroxyl groups is 1. The molecule has 2 rings (SSSR count). The molecule has 5 nitrogen and oxygen atoms in total. The van der Waals surface area contributed by atoms with Crippen LogP contribution in [-0.2, 0) is 0 Å². The fourth-order valence-electron chi connectivity index (χ4n) is 3.01. The molecule has 1 aliphatic rings. The van der Waals surface area contributed by atoms with E-state index in [1.54, 1.807) is 0 Å². The number of ether oxygens (including phenoxy) is 2. The predicted molar refractivity (Wildman–Crippen MR) is 98.7 cm³/mol. The summed E-state index contributed by atoms with van der Waals surface area (Å²) in [5.74, 6) is 1.70. The Hall–Kier alpha value is -1.88. The maximum Gasteiger partial charge on any atom is 0.170 e. The number of benzene rings is 1. The van der Waals surface area contributed by atoms with Gasteiger partial charge in [-0.05, 0) is 18.9 Å². The fraction of sp³-hybridized carbons (Fsp3) is 0.579. The summed E-state index contributed by atoms with van der Waals surface area (Å²) in [6.07, 6.45) is 2.52. The molecule has 0 bridgehead atoms. The first kappa shape index (κ1) is 18.5. The van der Waals surface area contributed by atoms with Crippen LogP contribution in [0, 0.1) is 5.92 Å². The number of nitrogens with one attached hydrogen (secondary N) is 2. The van der Waals surface area contributed by atoms with Crippen molar-refractivity contribution in [2.75, 3.05) is 32.1 Å². The van der Waals surface area contributed by atoms with Crippen LogP contribution >= 0.6 is 0 Å². The zero-order valence-corrected chi connectivity index (χ0v) is 15.0. The van der Waals surface area contributed by atoms with Crippen LogP contribution in [0.25, 0.3) is 5.70 Å². The maximum absolute atomic E-state index is 10.2. The molecule has 0 saturated heterocycles. The van der Waals surface area contributed by atoms with Crippen molar-refractivity contribution < 1.29 is 14.6 Å². The molecule has 3 N–H and O–H groups in total. The lowest BCUT2D eigenvalue weighted by Crippen LogP contribution is -2.30. The second-order valence-electron chi connectivity index (χ2n) is 6.18. The van der Waals surface area contributed by atoms with E-state index in [2.05, 4.69) is 24.1 Å². The third kappa shape index (κ3) is 4.35. The van der Waals surface area contributed by atoms with Gasteiger partial charge in [0.05, 0.1) is 6.10 Å². The highest BCUT2D eigenvalue weighted by Gasteiger charge is 2.21. The van der Waals surface area contributed by atoms with Crippen LogP contribution in [0.15, 0.2) is 18.7 Å². The Kier molecular flexibility index (Phi) is 6.79. The molecular weight excluding hydrogens is 304 g/mol. The van der Waals surface area contributed by atoms with E-state index in [0.717, 1.165) is 47.7 Å². The lowest BCUT2D eigenvalue weighted by atomic mass is 9.95. The molecule has 0 unspecified atom stereocenters. The second kappa shape index (κ2) is 8.83. The van der Waals surface area contributed by atoms with E-state index in [9.17, 15) is 5.11 Å². The van der Waals surface area contributed by atoms with Crippen LogP contribution in [0.3, 0.4) is 0 Å². The maximum atomic E-state index is 10.2. The van der Waals surface area contributed by atoms with Crippen molar-refractivity contribution in [2.45, 2.75) is 39.2 Å². The average Bonchev–Trinajstić information content (AvgIpc) is 2.63. The normalized spacial score (nSPS) is 15.5. The van der Waals surface area contributed by atoms with Gasteiger partial charge in [0.1, 0.15) is 13.2 Å². The molecular formula is C19H30N2O3. The lowest BCUT2D eigenvalue weighted by molar-refractivity contribution is 0.0995. The largest absolute Gasteiger partial charge is 0.486 e. The molecule has 0 aromatic heterocycles. The molecule has 0 amide bonds. The fourth-order valence-corrected chi connectivity index (χ4v) is 3.01. The summed E-state index contributed by atoms with van der Waals surface area (Å²) >= 11 is 0.